The van der Waals surface area contributed by atoms with Crippen molar-refractivity contribution in [2.75, 3.05) is 6.54 Å². The lowest BCUT2D eigenvalue weighted by molar-refractivity contribution is 0.684. The maximum Gasteiger partial charge on any atom is 0.0969 e. The minimum absolute atomic E-state index is 0.683. The Balaban J connectivity index is 2.18. The van der Waals surface area contributed by atoms with E-state index in [1.165, 1.54) is 0 Å². The van der Waals surface area contributed by atoms with Crippen LogP contribution in [0.25, 0.3) is 5.69 Å². The molecule has 0 aliphatic rings. The third-order valence-electron chi connectivity index (χ3n) is 2.13. The van der Waals surface area contributed by atoms with Gasteiger partial charge in [-0.1, -0.05) is 24.6 Å². The fourth-order valence-corrected chi connectivity index (χ4v) is 1.54. The van der Waals surface area contributed by atoms with Crippen molar-refractivity contribution in [3.63, 3.8) is 0 Å². The Morgan fingerprint density at radius 2 is 2.31 bits per heavy atom. The van der Waals surface area contributed by atoms with E-state index in [1.807, 2.05) is 24.3 Å². The van der Waals surface area contributed by atoms with E-state index in [-0.39, 0.29) is 0 Å². The molecule has 1 heterocycles. The molecule has 16 heavy (non-hydrogen) atoms. The predicted octanol–water partition coefficient (Wildman–Crippen LogP) is 2.03. The number of nitrogens with one attached hydrogen (secondary N) is 1. The second-order valence-electron chi connectivity index (χ2n) is 3.39. The van der Waals surface area contributed by atoms with Gasteiger partial charge in [0.05, 0.1) is 17.6 Å². The highest BCUT2D eigenvalue weighted by molar-refractivity contribution is 6.30. The van der Waals surface area contributed by atoms with Crippen LogP contribution >= 0.6 is 11.6 Å². The molecule has 2 rings (SSSR count). The van der Waals surface area contributed by atoms with Crippen LogP contribution in [0.4, 0.5) is 0 Å². The molecular weight excluding hydrogens is 224 g/mol. The van der Waals surface area contributed by atoms with E-state index in [4.69, 9.17) is 11.6 Å². The Kier molecular flexibility index (Phi) is 3.54. The Morgan fingerprint density at radius 1 is 1.44 bits per heavy atom. The summed E-state index contributed by atoms with van der Waals surface area (Å²) in [6.45, 7) is 3.71. The monoisotopic (exact) mass is 236 g/mol. The highest BCUT2D eigenvalue weighted by Crippen LogP contribution is 2.13. The Bertz CT molecular complexity index is 467. The molecule has 4 nitrogen and oxygen atoms in total. The summed E-state index contributed by atoms with van der Waals surface area (Å²) in [6.07, 6.45) is 1.75. The molecule has 0 amide bonds. The van der Waals surface area contributed by atoms with Crippen molar-refractivity contribution in [3.05, 3.63) is 41.2 Å². The summed E-state index contributed by atoms with van der Waals surface area (Å²) in [5.74, 6) is 0. The minimum atomic E-state index is 0.683. The van der Waals surface area contributed by atoms with Crippen LogP contribution in [-0.2, 0) is 6.54 Å². The maximum atomic E-state index is 5.90. The van der Waals surface area contributed by atoms with Crippen LogP contribution in [0.15, 0.2) is 30.5 Å². The zero-order chi connectivity index (χ0) is 11.4. The van der Waals surface area contributed by atoms with E-state index in [1.54, 1.807) is 11.0 Å². The van der Waals surface area contributed by atoms with E-state index < -0.39 is 0 Å². The Hall–Kier alpha value is -1.39. The molecular formula is C11H13ClN4. The first-order chi connectivity index (χ1) is 7.79. The SMILES string of the molecule is CCNCc1cnn(-c2cccc(Cl)c2)n1. The molecule has 0 radical (unpaired) electrons. The van der Waals surface area contributed by atoms with Gasteiger partial charge in [-0.15, -0.1) is 0 Å². The van der Waals surface area contributed by atoms with Crippen LogP contribution in [-0.4, -0.2) is 21.5 Å². The van der Waals surface area contributed by atoms with Crippen molar-refractivity contribution < 1.29 is 0 Å². The van der Waals surface area contributed by atoms with Crippen molar-refractivity contribution in [3.8, 4) is 5.69 Å². The summed E-state index contributed by atoms with van der Waals surface area (Å²) in [4.78, 5) is 1.58. The lowest BCUT2D eigenvalue weighted by atomic mass is 10.3. The lowest BCUT2D eigenvalue weighted by Crippen LogP contribution is -2.12. The fraction of sp³-hybridized carbons (Fsp3) is 0.273. The van der Waals surface area contributed by atoms with Gasteiger partial charge in [-0.3, -0.25) is 0 Å². The zero-order valence-corrected chi connectivity index (χ0v) is 9.78. The molecule has 5 heteroatoms. The normalized spacial score (nSPS) is 10.6. The van der Waals surface area contributed by atoms with E-state index in [0.717, 1.165) is 24.5 Å². The number of nitrogens with zero attached hydrogens (tertiary/aromatic N) is 3. The highest BCUT2D eigenvalue weighted by Gasteiger charge is 2.02. The number of halogens is 1. The van der Waals surface area contributed by atoms with Crippen LogP contribution in [0.2, 0.25) is 5.02 Å². The molecule has 1 aromatic carbocycles. The number of aromatic nitrogens is 3. The summed E-state index contributed by atoms with van der Waals surface area (Å²) >= 11 is 5.90. The van der Waals surface area contributed by atoms with Crippen LogP contribution < -0.4 is 5.32 Å². The zero-order valence-electron chi connectivity index (χ0n) is 9.02. The van der Waals surface area contributed by atoms with E-state index in [0.29, 0.717) is 5.02 Å². The average molecular weight is 237 g/mol. The third-order valence-corrected chi connectivity index (χ3v) is 2.37. The standard InChI is InChI=1S/C11H13ClN4/c1-2-13-7-10-8-14-16(15-10)11-5-3-4-9(12)6-11/h3-6,8,13H,2,7H2,1H3. The summed E-state index contributed by atoms with van der Waals surface area (Å²) in [5, 5.41) is 12.4. The van der Waals surface area contributed by atoms with Gasteiger partial charge in [0.15, 0.2) is 0 Å². The average Bonchev–Trinajstić information content (AvgIpc) is 2.75. The van der Waals surface area contributed by atoms with E-state index in [9.17, 15) is 0 Å². The lowest BCUT2D eigenvalue weighted by Gasteiger charge is -1.99. The highest BCUT2D eigenvalue weighted by atomic mass is 35.5. The molecule has 0 aliphatic heterocycles. The molecule has 0 fully saturated rings. The van der Waals surface area contributed by atoms with Crippen LogP contribution in [0.5, 0.6) is 0 Å². The summed E-state index contributed by atoms with van der Waals surface area (Å²) in [6, 6.07) is 7.46. The second-order valence-corrected chi connectivity index (χ2v) is 3.82. The van der Waals surface area contributed by atoms with Crippen LogP contribution in [0.1, 0.15) is 12.6 Å². The van der Waals surface area contributed by atoms with Crippen molar-refractivity contribution in [2.24, 2.45) is 0 Å². The molecule has 0 atom stereocenters. The molecule has 84 valence electrons. The largest absolute Gasteiger partial charge is 0.311 e. The number of hydrogen-bond acceptors (Lipinski definition) is 3. The van der Waals surface area contributed by atoms with Gasteiger partial charge in [0, 0.05) is 11.6 Å². The number of rotatable bonds is 4. The summed E-state index contributed by atoms with van der Waals surface area (Å²) < 4.78 is 0. The smallest absolute Gasteiger partial charge is 0.0969 e. The molecule has 1 N–H and O–H groups in total. The first kappa shape index (κ1) is 11.1. The van der Waals surface area contributed by atoms with Crippen molar-refractivity contribution in [2.45, 2.75) is 13.5 Å². The minimum Gasteiger partial charge on any atom is -0.311 e. The molecule has 0 saturated heterocycles. The molecule has 0 unspecified atom stereocenters. The van der Waals surface area contributed by atoms with Crippen molar-refractivity contribution in [1.29, 1.82) is 0 Å². The van der Waals surface area contributed by atoms with Gasteiger partial charge in [0.2, 0.25) is 0 Å². The number of hydrogen-bond donors (Lipinski definition) is 1. The van der Waals surface area contributed by atoms with Gasteiger partial charge >= 0.3 is 0 Å². The maximum absolute atomic E-state index is 5.90. The quantitative estimate of drug-likeness (QED) is 0.884. The van der Waals surface area contributed by atoms with Gasteiger partial charge in [-0.05, 0) is 24.7 Å². The van der Waals surface area contributed by atoms with Crippen molar-refractivity contribution >= 4 is 11.6 Å². The third kappa shape index (κ3) is 2.59. The van der Waals surface area contributed by atoms with Crippen LogP contribution in [0.3, 0.4) is 0 Å². The molecule has 2 aromatic rings. The second kappa shape index (κ2) is 5.09. The number of benzene rings is 1. The molecule has 0 aliphatic carbocycles. The van der Waals surface area contributed by atoms with Gasteiger partial charge in [-0.2, -0.15) is 15.0 Å². The van der Waals surface area contributed by atoms with Gasteiger partial charge in [0.1, 0.15) is 0 Å². The van der Waals surface area contributed by atoms with E-state index >= 15 is 0 Å². The molecule has 0 bridgehead atoms. The molecule has 0 spiro atoms. The summed E-state index contributed by atoms with van der Waals surface area (Å²) in [7, 11) is 0. The first-order valence-electron chi connectivity index (χ1n) is 5.17. The summed E-state index contributed by atoms with van der Waals surface area (Å²) in [5.41, 5.74) is 1.79. The first-order valence-corrected chi connectivity index (χ1v) is 5.55. The van der Waals surface area contributed by atoms with E-state index in [2.05, 4.69) is 22.4 Å². The Labute approximate surface area is 99.2 Å². The van der Waals surface area contributed by atoms with Crippen LogP contribution in [0, 0.1) is 0 Å². The van der Waals surface area contributed by atoms with Gasteiger partial charge in [-0.25, -0.2) is 0 Å². The fourth-order valence-electron chi connectivity index (χ4n) is 1.35. The van der Waals surface area contributed by atoms with Gasteiger partial charge in [0.25, 0.3) is 0 Å². The van der Waals surface area contributed by atoms with Crippen molar-refractivity contribution in [1.82, 2.24) is 20.3 Å². The molecule has 1 aromatic heterocycles. The molecule has 0 saturated carbocycles. The Morgan fingerprint density at radius 3 is 3.06 bits per heavy atom. The predicted molar refractivity (Wildman–Crippen MR) is 63.7 cm³/mol. The van der Waals surface area contributed by atoms with Gasteiger partial charge < -0.3 is 5.32 Å². The topological polar surface area (TPSA) is 42.7 Å².